The summed E-state index contributed by atoms with van der Waals surface area (Å²) >= 11 is 0. The molecule has 1 atom stereocenters. The zero-order valence-corrected chi connectivity index (χ0v) is 15.0. The van der Waals surface area contributed by atoms with Crippen molar-refractivity contribution in [2.24, 2.45) is 0 Å². The molecule has 2 aromatic rings. The van der Waals surface area contributed by atoms with E-state index < -0.39 is 0 Å². The molecule has 5 nitrogen and oxygen atoms in total. The maximum atomic E-state index is 12.7. The van der Waals surface area contributed by atoms with E-state index >= 15 is 0 Å². The second-order valence-corrected chi connectivity index (χ2v) is 6.69. The molecule has 0 aliphatic carbocycles. The third-order valence-electron chi connectivity index (χ3n) is 4.75. The zero-order chi connectivity index (χ0) is 18.4. The molecule has 0 unspecified atom stereocenters. The predicted molar refractivity (Wildman–Crippen MR) is 98.9 cm³/mol. The molecule has 1 aliphatic rings. The minimum atomic E-state index is -0.118. The average molecular weight is 350 g/mol. The van der Waals surface area contributed by atoms with E-state index in [2.05, 4.69) is 42.6 Å². The second kappa shape index (κ2) is 8.61. The van der Waals surface area contributed by atoms with Crippen LogP contribution in [0.25, 0.3) is 0 Å². The molecule has 1 aliphatic heterocycles. The lowest BCUT2D eigenvalue weighted by Gasteiger charge is -2.28. The van der Waals surface area contributed by atoms with Crippen LogP contribution in [0.1, 0.15) is 33.1 Å². The number of amides is 1. The highest BCUT2D eigenvalue weighted by molar-refractivity contribution is 5.94. The van der Waals surface area contributed by atoms with Gasteiger partial charge in [-0.3, -0.25) is 4.79 Å². The van der Waals surface area contributed by atoms with Crippen LogP contribution in [0.2, 0.25) is 0 Å². The molecule has 0 radical (unpaired) electrons. The molecule has 5 heteroatoms. The van der Waals surface area contributed by atoms with Gasteiger partial charge in [-0.1, -0.05) is 29.8 Å². The number of nitrogens with zero attached hydrogens (tertiary/aromatic N) is 1. The predicted octanol–water partition coefficient (Wildman–Crippen LogP) is 1.25. The van der Waals surface area contributed by atoms with Gasteiger partial charge in [-0.05, 0) is 36.8 Å². The minimum Gasteiger partial charge on any atom is -0.370 e. The quantitative estimate of drug-likeness (QED) is 0.853. The molecule has 2 aromatic carbocycles. The lowest BCUT2D eigenvalue weighted by Crippen LogP contribution is -3.14. The first-order chi connectivity index (χ1) is 12.7. The van der Waals surface area contributed by atoms with Crippen molar-refractivity contribution in [1.82, 2.24) is 5.32 Å². The van der Waals surface area contributed by atoms with E-state index in [1.807, 2.05) is 0 Å². The molecule has 0 saturated carbocycles. The molecule has 1 amide bonds. The Kier molecular flexibility index (Phi) is 6.00. The van der Waals surface area contributed by atoms with Gasteiger partial charge in [0.05, 0.1) is 24.8 Å². The van der Waals surface area contributed by atoms with E-state index in [1.165, 1.54) is 10.5 Å². The molecule has 3 rings (SSSR count). The van der Waals surface area contributed by atoms with Crippen LogP contribution in [0.15, 0.2) is 48.5 Å². The van der Waals surface area contributed by atoms with Crippen LogP contribution in [-0.2, 0) is 4.74 Å². The van der Waals surface area contributed by atoms with Crippen LogP contribution < -0.4 is 10.2 Å². The summed E-state index contributed by atoms with van der Waals surface area (Å²) in [5.41, 5.74) is 3.42. The van der Waals surface area contributed by atoms with Gasteiger partial charge in [0, 0.05) is 5.56 Å². The van der Waals surface area contributed by atoms with E-state index in [0.717, 1.165) is 38.4 Å². The lowest BCUT2D eigenvalue weighted by molar-refractivity contribution is -0.909. The third-order valence-corrected chi connectivity index (χ3v) is 4.75. The molecule has 1 fully saturated rings. The maximum Gasteiger partial charge on any atom is 0.251 e. The van der Waals surface area contributed by atoms with Gasteiger partial charge in [0.15, 0.2) is 0 Å². The van der Waals surface area contributed by atoms with Gasteiger partial charge in [-0.2, -0.15) is 5.26 Å². The summed E-state index contributed by atoms with van der Waals surface area (Å²) in [6, 6.07) is 17.1. The van der Waals surface area contributed by atoms with Gasteiger partial charge in [-0.25, -0.2) is 0 Å². The first kappa shape index (κ1) is 18.1. The average Bonchev–Trinajstić information content (AvgIpc) is 2.69. The van der Waals surface area contributed by atoms with Gasteiger partial charge in [0.2, 0.25) is 0 Å². The number of carbonyl (C=O) groups excluding carboxylic acids is 1. The molecule has 2 N–H and O–H groups in total. The number of hydrogen-bond acceptors (Lipinski definition) is 3. The Labute approximate surface area is 154 Å². The Morgan fingerprint density at radius 3 is 2.42 bits per heavy atom. The first-order valence-corrected chi connectivity index (χ1v) is 8.94. The van der Waals surface area contributed by atoms with Crippen LogP contribution >= 0.6 is 0 Å². The Balaban J connectivity index is 1.76. The van der Waals surface area contributed by atoms with E-state index in [1.54, 1.807) is 24.3 Å². The largest absolute Gasteiger partial charge is 0.370 e. The highest BCUT2D eigenvalue weighted by Gasteiger charge is 2.23. The third kappa shape index (κ3) is 4.69. The summed E-state index contributed by atoms with van der Waals surface area (Å²) < 4.78 is 5.44. The number of benzene rings is 2. The standard InChI is InChI=1S/C21H23N3O2/c1-16-2-6-18(7-3-16)20(15-24-10-12-26-13-11-24)23-21(25)19-8-4-17(14-22)5-9-19/h2-9,20H,10-13,15H2,1H3,(H,23,25)/p+1/t20-/m1/s1. The number of quaternary nitrogens is 1. The number of aryl methyl sites for hydroxylation is 1. The summed E-state index contributed by atoms with van der Waals surface area (Å²) in [6.07, 6.45) is 0. The van der Waals surface area contributed by atoms with Crippen molar-refractivity contribution in [2.45, 2.75) is 13.0 Å². The molecule has 134 valence electrons. The molecule has 0 spiro atoms. The van der Waals surface area contributed by atoms with E-state index in [-0.39, 0.29) is 11.9 Å². The van der Waals surface area contributed by atoms with Gasteiger partial charge >= 0.3 is 0 Å². The molecule has 0 bridgehead atoms. The first-order valence-electron chi connectivity index (χ1n) is 8.94. The summed E-state index contributed by atoms with van der Waals surface area (Å²) in [7, 11) is 0. The SMILES string of the molecule is Cc1ccc([C@@H](C[NH+]2CCOCC2)NC(=O)c2ccc(C#N)cc2)cc1. The van der Waals surface area contributed by atoms with E-state index in [9.17, 15) is 4.79 Å². The molecular formula is C21H24N3O2+. The molecule has 1 saturated heterocycles. The zero-order valence-electron chi connectivity index (χ0n) is 15.0. The van der Waals surface area contributed by atoms with Crippen molar-refractivity contribution >= 4 is 5.91 Å². The number of hydrogen-bond donors (Lipinski definition) is 2. The fourth-order valence-corrected chi connectivity index (χ4v) is 3.14. The van der Waals surface area contributed by atoms with Crippen LogP contribution in [0, 0.1) is 18.3 Å². The van der Waals surface area contributed by atoms with Crippen molar-refractivity contribution in [3.63, 3.8) is 0 Å². The van der Waals surface area contributed by atoms with Crippen molar-refractivity contribution in [1.29, 1.82) is 5.26 Å². The fourth-order valence-electron chi connectivity index (χ4n) is 3.14. The smallest absolute Gasteiger partial charge is 0.251 e. The molecule has 0 aromatic heterocycles. The topological polar surface area (TPSA) is 66.6 Å². The summed E-state index contributed by atoms with van der Waals surface area (Å²) in [6.45, 7) is 6.32. The van der Waals surface area contributed by atoms with Crippen molar-refractivity contribution < 1.29 is 14.4 Å². The second-order valence-electron chi connectivity index (χ2n) is 6.69. The number of nitriles is 1. The summed E-state index contributed by atoms with van der Waals surface area (Å²) in [5, 5.41) is 12.1. The Hall–Kier alpha value is -2.68. The van der Waals surface area contributed by atoms with E-state index in [0.29, 0.717) is 11.1 Å². The molecule has 1 heterocycles. The van der Waals surface area contributed by atoms with Gasteiger partial charge in [-0.15, -0.1) is 0 Å². The Morgan fingerprint density at radius 1 is 1.15 bits per heavy atom. The minimum absolute atomic E-state index is 0.0631. The van der Waals surface area contributed by atoms with Crippen LogP contribution in [0.3, 0.4) is 0 Å². The lowest BCUT2D eigenvalue weighted by atomic mass is 10.0. The van der Waals surface area contributed by atoms with Crippen LogP contribution in [0.5, 0.6) is 0 Å². The number of carbonyl (C=O) groups is 1. The van der Waals surface area contributed by atoms with E-state index in [4.69, 9.17) is 10.00 Å². The normalized spacial score (nSPS) is 15.8. The highest BCUT2D eigenvalue weighted by Crippen LogP contribution is 2.14. The number of rotatable bonds is 5. The molecular weight excluding hydrogens is 326 g/mol. The van der Waals surface area contributed by atoms with Crippen molar-refractivity contribution in [2.75, 3.05) is 32.8 Å². The van der Waals surface area contributed by atoms with Crippen molar-refractivity contribution in [3.05, 3.63) is 70.8 Å². The Bertz CT molecular complexity index is 772. The summed E-state index contributed by atoms with van der Waals surface area (Å²) in [4.78, 5) is 14.1. The van der Waals surface area contributed by atoms with Crippen LogP contribution in [-0.4, -0.2) is 38.8 Å². The number of nitrogens with one attached hydrogen (secondary N) is 2. The number of morpholine rings is 1. The maximum absolute atomic E-state index is 12.7. The Morgan fingerprint density at radius 2 is 1.81 bits per heavy atom. The molecule has 26 heavy (non-hydrogen) atoms. The van der Waals surface area contributed by atoms with Crippen LogP contribution in [0.4, 0.5) is 0 Å². The van der Waals surface area contributed by atoms with Gasteiger partial charge in [0.25, 0.3) is 5.91 Å². The summed E-state index contributed by atoms with van der Waals surface area (Å²) in [5.74, 6) is -0.118. The van der Waals surface area contributed by atoms with Crippen molar-refractivity contribution in [3.8, 4) is 6.07 Å². The van der Waals surface area contributed by atoms with Gasteiger partial charge < -0.3 is 15.0 Å². The highest BCUT2D eigenvalue weighted by atomic mass is 16.5. The monoisotopic (exact) mass is 350 g/mol. The number of ether oxygens (including phenoxy) is 1. The fraction of sp³-hybridized carbons (Fsp3) is 0.333. The van der Waals surface area contributed by atoms with Gasteiger partial charge in [0.1, 0.15) is 25.7 Å².